The van der Waals surface area contributed by atoms with E-state index in [-0.39, 0.29) is 59.9 Å². The first-order chi connectivity index (χ1) is 42.7. The van der Waals surface area contributed by atoms with Crippen LogP contribution < -0.4 is 25.6 Å². The minimum atomic E-state index is -0.886. The van der Waals surface area contributed by atoms with Crippen molar-refractivity contribution in [3.8, 4) is 27.4 Å². The Balaban J connectivity index is 0.655. The number of para-hydroxylation sites is 1. The van der Waals surface area contributed by atoms with Crippen LogP contribution in [0.25, 0.3) is 37.4 Å². The van der Waals surface area contributed by atoms with Crippen LogP contribution in [0.5, 0.6) is 5.88 Å². The van der Waals surface area contributed by atoms with Crippen LogP contribution in [0.2, 0.25) is 0 Å². The number of β-amino-alcohol motifs (C(OH)–C–C–N with tert-alkyl or cyclic N) is 1. The molecule has 4 amide bonds. The van der Waals surface area contributed by atoms with Gasteiger partial charge in [-0.1, -0.05) is 84.7 Å². The number of allylic oxidation sites excluding steroid dienone is 1. The molecule has 19 nitrogen and oxygen atoms in total. The van der Waals surface area contributed by atoms with E-state index < -0.39 is 18.1 Å². The number of aryl methyl sites for hydroxylation is 1. The van der Waals surface area contributed by atoms with E-state index in [0.717, 1.165) is 92.3 Å². The van der Waals surface area contributed by atoms with Gasteiger partial charge in [-0.2, -0.15) is 5.10 Å². The maximum atomic E-state index is 14.6. The van der Waals surface area contributed by atoms with Gasteiger partial charge in [0.15, 0.2) is 10.9 Å². The molecule has 1 aliphatic carbocycles. The number of hydrogen-bond acceptors (Lipinski definition) is 16. The Bertz CT molecular complexity index is 3840. The summed E-state index contributed by atoms with van der Waals surface area (Å²) in [6.07, 6.45) is 9.76. The fourth-order valence-corrected chi connectivity index (χ4v) is 14.6. The Kier molecular flexibility index (Phi) is 18.3. The molecule has 3 fully saturated rings. The second-order valence-corrected chi connectivity index (χ2v) is 26.1. The van der Waals surface area contributed by atoms with Crippen molar-refractivity contribution in [1.82, 2.24) is 50.3 Å². The fourth-order valence-electron chi connectivity index (χ4n) is 12.9. The second-order valence-electron chi connectivity index (χ2n) is 24.2. The lowest BCUT2D eigenvalue weighted by Gasteiger charge is -2.32. The number of aliphatic hydroxyl groups excluding tert-OH is 1. The van der Waals surface area contributed by atoms with Gasteiger partial charge < -0.3 is 39.7 Å². The van der Waals surface area contributed by atoms with Gasteiger partial charge in [0.05, 0.1) is 56.8 Å². The van der Waals surface area contributed by atoms with Gasteiger partial charge in [0, 0.05) is 74.1 Å². The molecule has 2 saturated heterocycles. The summed E-state index contributed by atoms with van der Waals surface area (Å²) in [6.45, 7) is 14.7. The highest BCUT2D eigenvalue weighted by Crippen LogP contribution is 2.36. The van der Waals surface area contributed by atoms with Crippen molar-refractivity contribution in [1.29, 1.82) is 0 Å². The van der Waals surface area contributed by atoms with E-state index in [0.29, 0.717) is 72.9 Å². The minimum absolute atomic E-state index is 0.00116. The Labute approximate surface area is 520 Å². The van der Waals surface area contributed by atoms with Gasteiger partial charge in [0.25, 0.3) is 23.6 Å². The molecule has 8 aromatic rings. The van der Waals surface area contributed by atoms with Crippen molar-refractivity contribution in [2.75, 3.05) is 56.1 Å². The third kappa shape index (κ3) is 13.3. The molecule has 12 rings (SSSR count). The smallest absolute Gasteiger partial charge is 0.270 e. The lowest BCUT2D eigenvalue weighted by molar-refractivity contribution is -0.135. The van der Waals surface area contributed by atoms with Gasteiger partial charge in [0.2, 0.25) is 5.91 Å². The van der Waals surface area contributed by atoms with Crippen LogP contribution in [-0.2, 0) is 29.1 Å². The zero-order valence-electron chi connectivity index (χ0n) is 50.6. The number of amides is 4. The number of carbonyl (C=O) groups is 4. The Morgan fingerprint density at radius 1 is 0.875 bits per heavy atom. The number of pyridine rings is 1. The average molecular weight is 1230 g/mol. The van der Waals surface area contributed by atoms with Crippen LogP contribution in [0.4, 0.5) is 10.9 Å². The van der Waals surface area contributed by atoms with Crippen LogP contribution in [0.15, 0.2) is 107 Å². The van der Waals surface area contributed by atoms with Crippen molar-refractivity contribution in [3.63, 3.8) is 0 Å². The summed E-state index contributed by atoms with van der Waals surface area (Å²) < 4.78 is 15.0. The number of benzene rings is 3. The first-order valence-electron chi connectivity index (χ1n) is 30.9. The number of carbonyl (C=O) groups excluding carboxylic acids is 4. The third-order valence-corrected chi connectivity index (χ3v) is 19.9. The number of rotatable bonds is 19. The number of nitrogens with one attached hydrogen (secondary N) is 3. The lowest BCUT2D eigenvalue weighted by atomic mass is 9.89. The number of likely N-dealkylation sites (tertiary alicyclic amines) is 2. The van der Waals surface area contributed by atoms with Gasteiger partial charge >= 0.3 is 0 Å². The predicted octanol–water partition coefficient (Wildman–Crippen LogP) is 10.8. The van der Waals surface area contributed by atoms with E-state index in [1.165, 1.54) is 48.3 Å². The first kappa shape index (κ1) is 60.2. The molecule has 3 aliphatic heterocycles. The number of thiazole rings is 2. The molecule has 4 N–H and O–H groups in total. The Morgan fingerprint density at radius 2 is 1.68 bits per heavy atom. The average Bonchev–Trinajstić information content (AvgIpc) is 1.99. The highest BCUT2D eigenvalue weighted by Gasteiger charge is 2.41. The SMILES string of the molecule is CC(C)=C(C(=O)N1C[C@H](O)C[C@H]1C(=O)N[C@@H](C)c1ccc(-c2scnc2C)cc1)c1cc(OCC2CCN(CCNC(=O)c3nc(N4CCc5cccc(C(=O)Nc6nc7ccccc7s6)c5C4)ccc3-c3cnn(CC4CCCCC4)c3C)CC2)no1. The van der Waals surface area contributed by atoms with Crippen molar-refractivity contribution in [2.24, 2.45) is 11.8 Å². The van der Waals surface area contributed by atoms with Crippen molar-refractivity contribution >= 4 is 73.0 Å². The summed E-state index contributed by atoms with van der Waals surface area (Å²) in [5.41, 5.74) is 12.1. The van der Waals surface area contributed by atoms with E-state index in [9.17, 15) is 24.3 Å². The van der Waals surface area contributed by atoms with Crippen molar-refractivity contribution in [2.45, 2.75) is 124 Å². The van der Waals surface area contributed by atoms with Crippen LogP contribution in [0.1, 0.15) is 133 Å². The standard InChI is InChI=1S/C67H76N12O7S2/c1-40(2)60(66(84)78-36-49(80)32-55(78)64(82)71-41(3)46-18-20-48(21-19-46)62-42(4)69-39-87-62)56-33-59(75-86-56)85-38-45-24-28-76(29-25-45)31-27-68-65(83)61-50(52-34-70-79(43(52)5)35-44-12-7-6-8-13-44)22-23-58(73-61)77-30-26-47-14-11-15-51(53(47)37-77)63(81)74-67-72-54-16-9-10-17-57(54)88-67/h9-11,14-23,33-34,39,41,44-45,49,55,80H,6-8,12-13,24-32,35-38H2,1-5H3,(H,68,83)(H,71,82)(H,72,74,81)/t41-,49+,55-/m0/s1. The van der Waals surface area contributed by atoms with E-state index in [1.54, 1.807) is 31.3 Å². The third-order valence-electron chi connectivity index (χ3n) is 18.0. The maximum absolute atomic E-state index is 14.6. The minimum Gasteiger partial charge on any atom is -0.475 e. The molecule has 0 bridgehead atoms. The highest BCUT2D eigenvalue weighted by molar-refractivity contribution is 7.22. The number of fused-ring (bicyclic) bond motifs is 2. The number of ether oxygens (including phenoxy) is 1. The molecular weight excluding hydrogens is 1150 g/mol. The van der Waals surface area contributed by atoms with E-state index in [2.05, 4.69) is 58.5 Å². The summed E-state index contributed by atoms with van der Waals surface area (Å²) in [6, 6.07) is 26.1. The molecule has 3 aromatic carbocycles. The van der Waals surface area contributed by atoms with Gasteiger partial charge in [-0.15, -0.1) is 11.3 Å². The van der Waals surface area contributed by atoms with Gasteiger partial charge in [-0.3, -0.25) is 29.2 Å². The molecule has 0 unspecified atom stereocenters. The van der Waals surface area contributed by atoms with Crippen LogP contribution in [0, 0.1) is 25.7 Å². The zero-order valence-corrected chi connectivity index (χ0v) is 52.2. The monoisotopic (exact) mass is 1220 g/mol. The van der Waals surface area contributed by atoms with Gasteiger partial charge in [0.1, 0.15) is 17.6 Å². The summed E-state index contributed by atoms with van der Waals surface area (Å²) in [5.74, 6) is 0.729. The fraction of sp³-hybridized carbons (Fsp3) is 0.418. The number of piperidine rings is 1. The molecule has 8 heterocycles. The summed E-state index contributed by atoms with van der Waals surface area (Å²) in [7, 11) is 0. The lowest BCUT2D eigenvalue weighted by Crippen LogP contribution is -2.46. The molecule has 1 saturated carbocycles. The summed E-state index contributed by atoms with van der Waals surface area (Å²) in [5, 5.41) is 29.8. The first-order valence-corrected chi connectivity index (χ1v) is 32.5. The number of nitrogens with zero attached hydrogens (tertiary/aromatic N) is 9. The molecule has 458 valence electrons. The van der Waals surface area contributed by atoms with Crippen LogP contribution >= 0.6 is 22.7 Å². The van der Waals surface area contributed by atoms with E-state index >= 15 is 0 Å². The largest absolute Gasteiger partial charge is 0.475 e. The molecule has 5 aromatic heterocycles. The van der Waals surface area contributed by atoms with Crippen molar-refractivity contribution in [3.05, 3.63) is 147 Å². The van der Waals surface area contributed by atoms with Crippen molar-refractivity contribution < 1.29 is 33.5 Å². The molecular formula is C67H76N12O7S2. The molecule has 0 spiro atoms. The number of anilines is 2. The van der Waals surface area contributed by atoms with E-state index in [4.69, 9.17) is 19.3 Å². The molecule has 21 heteroatoms. The highest BCUT2D eigenvalue weighted by atomic mass is 32.1. The zero-order chi connectivity index (χ0) is 61.0. The van der Waals surface area contributed by atoms with Crippen LogP contribution in [0.3, 0.4) is 0 Å². The topological polar surface area (TPSA) is 226 Å². The number of aromatic nitrogens is 6. The molecule has 0 radical (unpaired) electrons. The van der Waals surface area contributed by atoms with Gasteiger partial charge in [-0.25, -0.2) is 15.0 Å². The normalized spacial score (nSPS) is 17.8. The second kappa shape index (κ2) is 26.7. The molecule has 4 aliphatic rings. The van der Waals surface area contributed by atoms with Crippen LogP contribution in [-0.4, -0.2) is 126 Å². The maximum Gasteiger partial charge on any atom is 0.270 e. The number of hydrogen-bond donors (Lipinski definition) is 4. The Hall–Kier alpha value is -8.11. The molecule has 88 heavy (non-hydrogen) atoms. The predicted molar refractivity (Wildman–Crippen MR) is 342 cm³/mol. The van der Waals surface area contributed by atoms with Gasteiger partial charge in [-0.05, 0) is 149 Å². The summed E-state index contributed by atoms with van der Waals surface area (Å²) >= 11 is 3.03. The molecule has 3 atom stereocenters. The summed E-state index contributed by atoms with van der Waals surface area (Å²) in [4.78, 5) is 77.9. The quantitative estimate of drug-likeness (QED) is 0.0553. The number of aliphatic hydroxyl groups is 1. The Morgan fingerprint density at radius 3 is 2.45 bits per heavy atom. The van der Waals surface area contributed by atoms with E-state index in [1.807, 2.05) is 98.4 Å².